The van der Waals surface area contributed by atoms with Gasteiger partial charge in [0.25, 0.3) is 0 Å². The number of aryl methyl sites for hydroxylation is 2. The second kappa shape index (κ2) is 6.86. The maximum absolute atomic E-state index is 14.8. The molecule has 1 heterocycles. The topological polar surface area (TPSA) is 15.6 Å². The predicted molar refractivity (Wildman–Crippen MR) is 110 cm³/mol. The van der Waals surface area contributed by atoms with E-state index in [4.69, 9.17) is 0 Å². The molecule has 3 heteroatoms. The highest BCUT2D eigenvalue weighted by atomic mass is 19.1. The molecule has 2 aromatic rings. The summed E-state index contributed by atoms with van der Waals surface area (Å²) in [6.45, 7) is 13.9. The van der Waals surface area contributed by atoms with Crippen molar-refractivity contribution in [3.8, 4) is 0 Å². The summed E-state index contributed by atoms with van der Waals surface area (Å²) in [6, 6.07) is 9.73. The van der Waals surface area contributed by atoms with E-state index in [1.165, 1.54) is 16.7 Å². The van der Waals surface area contributed by atoms with Crippen LogP contribution in [0.3, 0.4) is 0 Å². The van der Waals surface area contributed by atoms with Crippen molar-refractivity contribution in [1.82, 2.24) is 0 Å². The van der Waals surface area contributed by atoms with Crippen LogP contribution in [0.25, 0.3) is 0 Å². The van der Waals surface area contributed by atoms with Crippen LogP contribution in [0.15, 0.2) is 35.3 Å². The van der Waals surface area contributed by atoms with Crippen LogP contribution >= 0.6 is 0 Å². The maximum Gasteiger partial charge on any atom is 0.134 e. The maximum atomic E-state index is 14.8. The SMILES string of the molecule is CCN1c2cc(F)c(C=Nc3ccc(C)c(C)c3)cc2C(C)CC1(C)C. The molecular weight excluding hydrogens is 323 g/mol. The molecule has 0 radical (unpaired) electrons. The molecule has 2 aromatic carbocycles. The Morgan fingerprint density at radius 2 is 1.92 bits per heavy atom. The summed E-state index contributed by atoms with van der Waals surface area (Å²) < 4.78 is 14.8. The summed E-state index contributed by atoms with van der Waals surface area (Å²) in [5.41, 5.74) is 6.13. The first kappa shape index (κ1) is 18.6. The standard InChI is InChI=1S/C23H29FN2/c1-7-26-22-12-21(24)18(11-20(22)17(4)13-23(26,5)6)14-25-19-9-8-15(2)16(3)10-19/h8-12,14,17H,7,13H2,1-6H3. The average molecular weight is 352 g/mol. The number of halogens is 1. The number of rotatable bonds is 3. The van der Waals surface area contributed by atoms with Gasteiger partial charge in [0.15, 0.2) is 0 Å². The van der Waals surface area contributed by atoms with Crippen molar-refractivity contribution in [1.29, 1.82) is 0 Å². The number of hydrogen-bond donors (Lipinski definition) is 0. The molecule has 138 valence electrons. The highest BCUT2D eigenvalue weighted by Gasteiger charge is 2.36. The highest BCUT2D eigenvalue weighted by molar-refractivity contribution is 5.84. The van der Waals surface area contributed by atoms with Gasteiger partial charge in [-0.25, -0.2) is 4.39 Å². The van der Waals surface area contributed by atoms with E-state index in [-0.39, 0.29) is 11.4 Å². The van der Waals surface area contributed by atoms with Crippen molar-refractivity contribution >= 4 is 17.6 Å². The number of anilines is 1. The predicted octanol–water partition coefficient (Wildman–Crippen LogP) is 6.31. The van der Waals surface area contributed by atoms with Gasteiger partial charge in [-0.3, -0.25) is 4.99 Å². The Morgan fingerprint density at radius 1 is 1.19 bits per heavy atom. The van der Waals surface area contributed by atoms with Gasteiger partial charge in [-0.2, -0.15) is 0 Å². The number of fused-ring (bicyclic) bond motifs is 1. The molecule has 0 fully saturated rings. The van der Waals surface area contributed by atoms with Gasteiger partial charge in [-0.1, -0.05) is 13.0 Å². The zero-order valence-corrected chi connectivity index (χ0v) is 16.7. The van der Waals surface area contributed by atoms with Crippen molar-refractivity contribution in [3.63, 3.8) is 0 Å². The summed E-state index contributed by atoms with van der Waals surface area (Å²) in [5, 5.41) is 0. The fourth-order valence-corrected chi connectivity index (χ4v) is 4.17. The Kier molecular flexibility index (Phi) is 4.92. The Bertz CT molecular complexity index is 852. The van der Waals surface area contributed by atoms with Gasteiger partial charge in [0, 0.05) is 29.5 Å². The normalized spacial score (nSPS) is 19.0. The van der Waals surface area contributed by atoms with E-state index in [1.807, 2.05) is 18.2 Å². The first-order valence-corrected chi connectivity index (χ1v) is 9.45. The molecule has 0 spiro atoms. The molecule has 1 unspecified atom stereocenters. The quantitative estimate of drug-likeness (QED) is 0.591. The van der Waals surface area contributed by atoms with Crippen LogP contribution in [0.4, 0.5) is 15.8 Å². The Hall–Kier alpha value is -2.16. The molecule has 0 aromatic heterocycles. The van der Waals surface area contributed by atoms with Gasteiger partial charge in [0.05, 0.1) is 5.69 Å². The largest absolute Gasteiger partial charge is 0.366 e. The van der Waals surface area contributed by atoms with E-state index in [1.54, 1.807) is 12.3 Å². The van der Waals surface area contributed by atoms with Crippen LogP contribution in [0.2, 0.25) is 0 Å². The number of aliphatic imine (C=N–C) groups is 1. The second-order valence-electron chi connectivity index (χ2n) is 8.12. The second-order valence-corrected chi connectivity index (χ2v) is 8.12. The summed E-state index contributed by atoms with van der Waals surface area (Å²) >= 11 is 0. The van der Waals surface area contributed by atoms with Gasteiger partial charge >= 0.3 is 0 Å². The molecule has 2 nitrogen and oxygen atoms in total. The lowest BCUT2D eigenvalue weighted by molar-refractivity contribution is 0.380. The molecule has 0 saturated carbocycles. The van der Waals surface area contributed by atoms with Crippen molar-refractivity contribution in [2.45, 2.75) is 59.4 Å². The van der Waals surface area contributed by atoms with Gasteiger partial charge < -0.3 is 4.90 Å². The molecule has 0 N–H and O–H groups in total. The Labute approximate surface area is 156 Å². The molecule has 0 bridgehead atoms. The van der Waals surface area contributed by atoms with Gasteiger partial charge in [-0.05, 0) is 87.9 Å². The third-order valence-electron chi connectivity index (χ3n) is 5.66. The lowest BCUT2D eigenvalue weighted by Crippen LogP contribution is -2.48. The van der Waals surface area contributed by atoms with E-state index in [0.717, 1.165) is 24.3 Å². The average Bonchev–Trinajstić information content (AvgIpc) is 2.56. The van der Waals surface area contributed by atoms with Crippen LogP contribution in [0.1, 0.15) is 62.3 Å². The summed E-state index contributed by atoms with van der Waals surface area (Å²) in [7, 11) is 0. The molecule has 1 aliphatic heterocycles. The van der Waals surface area contributed by atoms with Crippen molar-refractivity contribution in [2.75, 3.05) is 11.4 Å². The molecule has 26 heavy (non-hydrogen) atoms. The fraction of sp³-hybridized carbons (Fsp3) is 0.435. The highest BCUT2D eigenvalue weighted by Crippen LogP contribution is 2.43. The zero-order valence-electron chi connectivity index (χ0n) is 16.7. The number of hydrogen-bond acceptors (Lipinski definition) is 2. The number of nitrogens with zero attached hydrogens (tertiary/aromatic N) is 2. The summed E-state index contributed by atoms with van der Waals surface area (Å²) in [4.78, 5) is 6.82. The third-order valence-corrected chi connectivity index (χ3v) is 5.66. The van der Waals surface area contributed by atoms with E-state index < -0.39 is 0 Å². The zero-order chi connectivity index (χ0) is 19.1. The van der Waals surface area contributed by atoms with Crippen LogP contribution in [0, 0.1) is 19.7 Å². The molecule has 1 atom stereocenters. The van der Waals surface area contributed by atoms with Crippen LogP contribution in [-0.4, -0.2) is 18.3 Å². The first-order chi connectivity index (χ1) is 12.2. The minimum Gasteiger partial charge on any atom is -0.366 e. The molecule has 0 amide bonds. The number of benzene rings is 2. The molecule has 0 aliphatic carbocycles. The van der Waals surface area contributed by atoms with Crippen molar-refractivity contribution in [2.24, 2.45) is 4.99 Å². The smallest absolute Gasteiger partial charge is 0.134 e. The molecule has 0 saturated heterocycles. The van der Waals surface area contributed by atoms with Crippen molar-refractivity contribution in [3.05, 3.63) is 58.4 Å². The van der Waals surface area contributed by atoms with E-state index >= 15 is 0 Å². The van der Waals surface area contributed by atoms with Crippen molar-refractivity contribution < 1.29 is 4.39 Å². The fourth-order valence-electron chi connectivity index (χ4n) is 4.17. The van der Waals surface area contributed by atoms with E-state index in [2.05, 4.69) is 57.5 Å². The minimum atomic E-state index is -0.209. The van der Waals surface area contributed by atoms with Crippen LogP contribution in [-0.2, 0) is 0 Å². The van der Waals surface area contributed by atoms with Crippen LogP contribution in [0.5, 0.6) is 0 Å². The lowest BCUT2D eigenvalue weighted by atomic mass is 9.79. The third kappa shape index (κ3) is 3.40. The Morgan fingerprint density at radius 3 is 2.58 bits per heavy atom. The molecular formula is C23H29FN2. The summed E-state index contributed by atoms with van der Waals surface area (Å²) in [5.74, 6) is 0.192. The molecule has 3 rings (SSSR count). The summed E-state index contributed by atoms with van der Waals surface area (Å²) in [6.07, 6.45) is 2.72. The first-order valence-electron chi connectivity index (χ1n) is 9.45. The van der Waals surface area contributed by atoms with Crippen LogP contribution < -0.4 is 4.90 Å². The van der Waals surface area contributed by atoms with E-state index in [0.29, 0.717) is 11.5 Å². The minimum absolute atomic E-state index is 0.0443. The van der Waals surface area contributed by atoms with Gasteiger partial charge in [0.1, 0.15) is 5.82 Å². The monoisotopic (exact) mass is 352 g/mol. The van der Waals surface area contributed by atoms with Gasteiger partial charge in [0.2, 0.25) is 0 Å². The van der Waals surface area contributed by atoms with Gasteiger partial charge in [-0.15, -0.1) is 0 Å². The molecule has 1 aliphatic rings. The van der Waals surface area contributed by atoms with E-state index in [9.17, 15) is 4.39 Å². The Balaban J connectivity index is 1.99. The lowest BCUT2D eigenvalue weighted by Gasteiger charge is -2.47.